The molecule has 4 rings (SSSR count). The molecule has 1 fully saturated rings. The minimum absolute atomic E-state index is 0.339. The zero-order chi connectivity index (χ0) is 29.2. The van der Waals surface area contributed by atoms with Crippen molar-refractivity contribution in [3.05, 3.63) is 82.6 Å². The van der Waals surface area contributed by atoms with Crippen molar-refractivity contribution in [2.24, 2.45) is 0 Å². The minimum Gasteiger partial charge on any atom is -0.444 e. The van der Waals surface area contributed by atoms with E-state index in [1.54, 1.807) is 41.3 Å². The van der Waals surface area contributed by atoms with Crippen LogP contribution in [0.4, 0.5) is 31.9 Å². The van der Waals surface area contributed by atoms with E-state index in [0.29, 0.717) is 47.3 Å². The number of nitrogens with one attached hydrogen (secondary N) is 2. The zero-order valence-electron chi connectivity index (χ0n) is 23.8. The molecule has 3 aromatic carbocycles. The van der Waals surface area contributed by atoms with Gasteiger partial charge in [-0.2, -0.15) is 0 Å². The first-order chi connectivity index (χ1) is 18.7. The van der Waals surface area contributed by atoms with Crippen LogP contribution < -0.4 is 15.5 Å². The van der Waals surface area contributed by atoms with Crippen LogP contribution in [0.1, 0.15) is 50.5 Å². The number of rotatable bonds is 5. The number of para-hydroxylation sites is 1. The van der Waals surface area contributed by atoms with Crippen LogP contribution in [0.3, 0.4) is 0 Å². The van der Waals surface area contributed by atoms with Gasteiger partial charge in [-0.05, 0) is 89.6 Å². The second kappa shape index (κ2) is 11.4. The van der Waals surface area contributed by atoms with Gasteiger partial charge < -0.3 is 20.3 Å². The van der Waals surface area contributed by atoms with Gasteiger partial charge in [-0.25, -0.2) is 9.18 Å². The molecule has 1 aliphatic heterocycles. The number of nitrogens with zero attached hydrogens (tertiary/aromatic N) is 2. The van der Waals surface area contributed by atoms with E-state index in [9.17, 15) is 9.59 Å². The summed E-state index contributed by atoms with van der Waals surface area (Å²) in [5.41, 5.74) is 2.25. The standard InChI is InChI=1S/C31H36ClFN4O3/c1-20-23(32)11-9-13-25(20)35-26-12-8-7-10-22(26)28(38)34-21-14-15-27(24(33)18-21)36-16-17-37(31(5,6)19-36)29(39)40-30(2,3)4/h7-15,18,35H,16-17,19H2,1-6H3,(H,34,38). The molecule has 9 heteroatoms. The monoisotopic (exact) mass is 566 g/mol. The van der Waals surface area contributed by atoms with Crippen molar-refractivity contribution in [2.45, 2.75) is 52.7 Å². The predicted molar refractivity (Wildman–Crippen MR) is 159 cm³/mol. The Morgan fingerprint density at radius 3 is 2.38 bits per heavy atom. The van der Waals surface area contributed by atoms with Crippen molar-refractivity contribution < 1.29 is 18.7 Å². The number of halogens is 2. The summed E-state index contributed by atoms with van der Waals surface area (Å²) in [6, 6.07) is 17.3. The summed E-state index contributed by atoms with van der Waals surface area (Å²) in [4.78, 5) is 29.5. The lowest BCUT2D eigenvalue weighted by molar-refractivity contribution is 0.000332. The van der Waals surface area contributed by atoms with Gasteiger partial charge in [0.05, 0.1) is 22.5 Å². The third kappa shape index (κ3) is 6.67. The Labute approximate surface area is 240 Å². The Morgan fingerprint density at radius 2 is 1.70 bits per heavy atom. The van der Waals surface area contributed by atoms with Crippen LogP contribution in [0.2, 0.25) is 5.02 Å². The largest absolute Gasteiger partial charge is 0.444 e. The predicted octanol–water partition coefficient (Wildman–Crippen LogP) is 7.62. The molecule has 0 radical (unpaired) electrons. The van der Waals surface area contributed by atoms with Gasteiger partial charge in [0.1, 0.15) is 11.4 Å². The molecule has 0 aromatic heterocycles. The quantitative estimate of drug-likeness (QED) is 0.332. The number of ether oxygens (including phenoxy) is 1. The van der Waals surface area contributed by atoms with E-state index in [1.807, 2.05) is 64.6 Å². The minimum atomic E-state index is -0.596. The Hall–Kier alpha value is -3.78. The molecule has 0 aliphatic carbocycles. The van der Waals surface area contributed by atoms with Crippen LogP contribution in [-0.4, -0.2) is 47.7 Å². The Bertz CT molecular complexity index is 1420. The SMILES string of the molecule is Cc1c(Cl)cccc1Nc1ccccc1C(=O)Nc1ccc(N2CCN(C(=O)OC(C)(C)C)C(C)(C)C2)c(F)c1. The molecule has 1 saturated heterocycles. The highest BCUT2D eigenvalue weighted by Gasteiger charge is 2.39. The third-order valence-electron chi connectivity index (χ3n) is 6.77. The highest BCUT2D eigenvalue weighted by Crippen LogP contribution is 2.31. The Balaban J connectivity index is 1.47. The maximum atomic E-state index is 15.3. The Morgan fingerprint density at radius 1 is 1.00 bits per heavy atom. The van der Waals surface area contributed by atoms with E-state index in [1.165, 1.54) is 6.07 Å². The van der Waals surface area contributed by atoms with Crippen molar-refractivity contribution in [3.63, 3.8) is 0 Å². The van der Waals surface area contributed by atoms with Crippen molar-refractivity contribution in [1.82, 2.24) is 4.90 Å². The zero-order valence-corrected chi connectivity index (χ0v) is 24.5. The van der Waals surface area contributed by atoms with E-state index in [4.69, 9.17) is 16.3 Å². The number of piperazine rings is 1. The molecule has 212 valence electrons. The highest BCUT2D eigenvalue weighted by molar-refractivity contribution is 6.31. The summed E-state index contributed by atoms with van der Waals surface area (Å²) < 4.78 is 20.9. The first-order valence-electron chi connectivity index (χ1n) is 13.2. The summed E-state index contributed by atoms with van der Waals surface area (Å²) in [7, 11) is 0. The molecule has 1 aliphatic rings. The van der Waals surface area contributed by atoms with Crippen LogP contribution in [0, 0.1) is 12.7 Å². The molecular weight excluding hydrogens is 531 g/mol. The molecule has 7 nitrogen and oxygen atoms in total. The summed E-state index contributed by atoms with van der Waals surface area (Å²) in [6.45, 7) is 12.5. The normalized spacial score (nSPS) is 15.0. The maximum Gasteiger partial charge on any atom is 0.410 e. The molecule has 2 N–H and O–H groups in total. The van der Waals surface area contributed by atoms with Gasteiger partial charge in [-0.15, -0.1) is 0 Å². The molecule has 3 aromatic rings. The summed E-state index contributed by atoms with van der Waals surface area (Å²) in [5.74, 6) is -0.831. The van der Waals surface area contributed by atoms with Crippen molar-refractivity contribution >= 4 is 46.4 Å². The number of hydrogen-bond acceptors (Lipinski definition) is 5. The van der Waals surface area contributed by atoms with Gasteiger partial charge in [-0.3, -0.25) is 9.69 Å². The molecule has 0 saturated carbocycles. The van der Waals surface area contributed by atoms with Crippen molar-refractivity contribution in [2.75, 3.05) is 35.2 Å². The molecule has 1 heterocycles. The number of carbonyl (C=O) groups is 2. The average Bonchev–Trinajstić information content (AvgIpc) is 2.85. The van der Waals surface area contributed by atoms with E-state index in [-0.39, 0.29) is 12.0 Å². The molecule has 0 atom stereocenters. The van der Waals surface area contributed by atoms with Gasteiger partial charge in [-0.1, -0.05) is 29.8 Å². The summed E-state index contributed by atoms with van der Waals surface area (Å²) in [6.07, 6.45) is -0.379. The van der Waals surface area contributed by atoms with Crippen LogP contribution in [0.5, 0.6) is 0 Å². The fraction of sp³-hybridized carbons (Fsp3) is 0.355. The van der Waals surface area contributed by atoms with E-state index in [0.717, 1.165) is 11.3 Å². The number of anilines is 4. The van der Waals surface area contributed by atoms with Gasteiger partial charge >= 0.3 is 6.09 Å². The average molecular weight is 567 g/mol. The van der Waals surface area contributed by atoms with Crippen LogP contribution in [0.25, 0.3) is 0 Å². The smallest absolute Gasteiger partial charge is 0.410 e. The molecule has 0 bridgehead atoms. The lowest BCUT2D eigenvalue weighted by atomic mass is 9.98. The highest BCUT2D eigenvalue weighted by atomic mass is 35.5. The first-order valence-corrected chi connectivity index (χ1v) is 13.6. The fourth-order valence-electron chi connectivity index (χ4n) is 4.73. The number of carbonyl (C=O) groups excluding carboxylic acids is 2. The fourth-order valence-corrected chi connectivity index (χ4v) is 4.91. The molecule has 0 spiro atoms. The van der Waals surface area contributed by atoms with Gasteiger partial charge in [0.2, 0.25) is 0 Å². The van der Waals surface area contributed by atoms with Crippen molar-refractivity contribution in [3.8, 4) is 0 Å². The van der Waals surface area contributed by atoms with Gasteiger partial charge in [0.25, 0.3) is 5.91 Å². The molecule has 40 heavy (non-hydrogen) atoms. The van der Waals surface area contributed by atoms with Gasteiger partial charge in [0.15, 0.2) is 0 Å². The third-order valence-corrected chi connectivity index (χ3v) is 7.18. The van der Waals surface area contributed by atoms with Crippen LogP contribution in [0.15, 0.2) is 60.7 Å². The van der Waals surface area contributed by atoms with Crippen LogP contribution >= 0.6 is 11.6 Å². The van der Waals surface area contributed by atoms with E-state index < -0.39 is 17.0 Å². The van der Waals surface area contributed by atoms with E-state index in [2.05, 4.69) is 10.6 Å². The molecule has 2 amide bonds. The van der Waals surface area contributed by atoms with E-state index >= 15 is 4.39 Å². The number of benzene rings is 3. The topological polar surface area (TPSA) is 73.9 Å². The maximum absolute atomic E-state index is 15.3. The van der Waals surface area contributed by atoms with Gasteiger partial charge in [0, 0.05) is 36.0 Å². The Kier molecular flexibility index (Phi) is 8.30. The summed E-state index contributed by atoms with van der Waals surface area (Å²) >= 11 is 6.25. The number of hydrogen-bond donors (Lipinski definition) is 2. The molecular formula is C31H36ClFN4O3. The molecule has 0 unspecified atom stereocenters. The second-order valence-electron chi connectivity index (χ2n) is 11.6. The second-order valence-corrected chi connectivity index (χ2v) is 12.0. The summed E-state index contributed by atoms with van der Waals surface area (Å²) in [5, 5.41) is 6.71. The van der Waals surface area contributed by atoms with Crippen molar-refractivity contribution in [1.29, 1.82) is 0 Å². The first kappa shape index (κ1) is 29.2. The number of amides is 2. The lowest BCUT2D eigenvalue weighted by Gasteiger charge is -2.47. The van der Waals surface area contributed by atoms with Crippen LogP contribution in [-0.2, 0) is 4.74 Å². The lowest BCUT2D eigenvalue weighted by Crippen LogP contribution is -2.62.